The highest BCUT2D eigenvalue weighted by atomic mass is 32.2. The van der Waals surface area contributed by atoms with Crippen LogP contribution in [0, 0.1) is 5.92 Å². The number of ether oxygens (including phenoxy) is 2. The molecule has 0 fully saturated rings. The molecule has 0 aliphatic carbocycles. The summed E-state index contributed by atoms with van der Waals surface area (Å²) in [6, 6.07) is 8.23. The highest BCUT2D eigenvalue weighted by Gasteiger charge is 2.22. The molecule has 0 aliphatic heterocycles. The van der Waals surface area contributed by atoms with E-state index in [0.717, 1.165) is 18.6 Å². The first-order chi connectivity index (χ1) is 19.2. The Morgan fingerprint density at radius 2 is 1.68 bits per heavy atom. The van der Waals surface area contributed by atoms with E-state index in [0.29, 0.717) is 25.2 Å². The molecule has 40 heavy (non-hydrogen) atoms. The third kappa shape index (κ3) is 28.8. The second-order valence-electron chi connectivity index (χ2n) is 8.04. The maximum atomic E-state index is 11.4. The SMILES string of the molecule is C/C=C\C.C=CCCCc1ccc(OC)cc1.CC.CCOC(=O)CS[C@@H](SC=C(C)C)[C@H](C)/C(C)=N/O.CF. The average Bonchev–Trinajstić information content (AvgIpc) is 2.99. The standard InChI is InChI=1S/C13H23NO3S2.C12H16O.C4H8.C2H6.CH3F/c1-6-17-12(15)8-19-13(18-7-9(2)3)10(4)11(5)14-16;1-3-4-5-6-11-7-9-12(13-2)10-8-11;1-3-4-2;2*1-2/h7,10,13,16H,6,8H2,1-5H3;3,7-10H,1,4-6H2,2H3;3-4H,1-2H3;1-2H3;1H3/b14-11+;;4-3-;;/t10-,13-;;;;/m1..../s1. The summed E-state index contributed by atoms with van der Waals surface area (Å²) in [4.78, 5) is 11.4. The van der Waals surface area contributed by atoms with Crippen molar-refractivity contribution in [3.8, 4) is 5.75 Å². The number of esters is 1. The molecular weight excluding hydrogens is 545 g/mol. The number of allylic oxidation sites excluding steroid dienone is 4. The normalized spacial score (nSPS) is 11.3. The van der Waals surface area contributed by atoms with Gasteiger partial charge in [0.25, 0.3) is 0 Å². The molecule has 0 heterocycles. The maximum Gasteiger partial charge on any atom is 0.315 e. The Bertz CT molecular complexity index is 789. The van der Waals surface area contributed by atoms with Crippen molar-refractivity contribution in [2.75, 3.05) is 26.6 Å². The summed E-state index contributed by atoms with van der Waals surface area (Å²) < 4.78 is 19.6. The summed E-state index contributed by atoms with van der Waals surface area (Å²) in [5.41, 5.74) is 3.23. The van der Waals surface area contributed by atoms with Gasteiger partial charge in [0.05, 0.1) is 36.9 Å². The molecule has 2 atom stereocenters. The van der Waals surface area contributed by atoms with Gasteiger partial charge < -0.3 is 14.7 Å². The molecule has 0 unspecified atom stereocenters. The minimum Gasteiger partial charge on any atom is -0.497 e. The fourth-order valence-corrected chi connectivity index (χ4v) is 4.78. The average molecular weight is 602 g/mol. The number of hydrogen-bond donors (Lipinski definition) is 1. The molecule has 232 valence electrons. The fraction of sp³-hybridized carbons (Fsp3) is 0.562. The van der Waals surface area contributed by atoms with Crippen LogP contribution < -0.4 is 4.74 Å². The zero-order valence-corrected chi connectivity index (χ0v) is 28.5. The van der Waals surface area contributed by atoms with Crippen molar-refractivity contribution < 1.29 is 23.9 Å². The van der Waals surface area contributed by atoms with Crippen LogP contribution in [-0.2, 0) is 16.0 Å². The van der Waals surface area contributed by atoms with Gasteiger partial charge in [0.1, 0.15) is 5.75 Å². The fourth-order valence-electron chi connectivity index (χ4n) is 2.39. The lowest BCUT2D eigenvalue weighted by atomic mass is 10.1. The van der Waals surface area contributed by atoms with E-state index in [2.05, 4.69) is 29.3 Å². The molecule has 0 amide bonds. The van der Waals surface area contributed by atoms with Gasteiger partial charge in [-0.3, -0.25) is 9.18 Å². The zero-order chi connectivity index (χ0) is 31.8. The van der Waals surface area contributed by atoms with Gasteiger partial charge in [-0.2, -0.15) is 0 Å². The van der Waals surface area contributed by atoms with Crippen LogP contribution in [-0.4, -0.2) is 48.1 Å². The van der Waals surface area contributed by atoms with Gasteiger partial charge in [-0.15, -0.1) is 30.1 Å². The number of rotatable bonds is 13. The third-order valence-electron chi connectivity index (χ3n) is 4.70. The number of benzene rings is 1. The van der Waals surface area contributed by atoms with E-state index in [1.54, 1.807) is 32.7 Å². The number of unbranched alkanes of at least 4 members (excludes halogenated alkanes) is 1. The van der Waals surface area contributed by atoms with Crippen LogP contribution in [0.15, 0.2) is 65.2 Å². The molecule has 0 spiro atoms. The molecule has 0 bridgehead atoms. The monoisotopic (exact) mass is 601 g/mol. The molecule has 1 aromatic rings. The minimum absolute atomic E-state index is 0.0741. The topological polar surface area (TPSA) is 68.1 Å². The van der Waals surface area contributed by atoms with Crippen LogP contribution >= 0.6 is 23.5 Å². The highest BCUT2D eigenvalue weighted by Crippen LogP contribution is 2.33. The number of alkyl halides is 1. The molecule has 0 saturated carbocycles. The molecule has 0 radical (unpaired) electrons. The van der Waals surface area contributed by atoms with Crippen molar-refractivity contribution in [1.29, 1.82) is 0 Å². The number of hydrogen-bond acceptors (Lipinski definition) is 7. The zero-order valence-electron chi connectivity index (χ0n) is 26.8. The van der Waals surface area contributed by atoms with Gasteiger partial charge >= 0.3 is 5.97 Å². The minimum atomic E-state index is -0.207. The van der Waals surface area contributed by atoms with Gasteiger partial charge in [-0.1, -0.05) is 61.9 Å². The smallest absolute Gasteiger partial charge is 0.315 e. The molecule has 1 rings (SSSR count). The van der Waals surface area contributed by atoms with E-state index in [1.165, 1.54) is 29.3 Å². The van der Waals surface area contributed by atoms with Crippen molar-refractivity contribution >= 4 is 35.2 Å². The number of oxime groups is 1. The van der Waals surface area contributed by atoms with Crippen molar-refractivity contribution in [2.45, 2.75) is 86.2 Å². The second kappa shape index (κ2) is 34.8. The summed E-state index contributed by atoms with van der Waals surface area (Å²) in [5, 5.41) is 14.2. The van der Waals surface area contributed by atoms with E-state index >= 15 is 0 Å². The summed E-state index contributed by atoms with van der Waals surface area (Å²) in [7, 11) is 2.19. The van der Waals surface area contributed by atoms with Gasteiger partial charge in [0, 0.05) is 5.92 Å². The number of carbonyl (C=O) groups is 1. The Morgan fingerprint density at radius 3 is 2.08 bits per heavy atom. The van der Waals surface area contributed by atoms with Crippen LogP contribution in [0.5, 0.6) is 5.75 Å². The highest BCUT2D eigenvalue weighted by molar-refractivity contribution is 8.18. The Labute approximate surface area is 253 Å². The number of halogens is 1. The predicted molar refractivity (Wildman–Crippen MR) is 179 cm³/mol. The maximum absolute atomic E-state index is 11.4. The molecular formula is C32H56FNO4S2. The molecule has 0 saturated heterocycles. The molecule has 5 nitrogen and oxygen atoms in total. The Morgan fingerprint density at radius 1 is 1.12 bits per heavy atom. The Hall–Kier alpha value is -2.19. The third-order valence-corrected chi connectivity index (χ3v) is 7.86. The van der Waals surface area contributed by atoms with Gasteiger partial charge in [0.15, 0.2) is 0 Å². The van der Waals surface area contributed by atoms with Gasteiger partial charge in [0.2, 0.25) is 0 Å². The molecule has 1 aromatic carbocycles. The molecule has 1 N–H and O–H groups in total. The molecule has 8 heteroatoms. The Kier molecular flexibility index (Phi) is 39.0. The largest absolute Gasteiger partial charge is 0.497 e. The lowest BCUT2D eigenvalue weighted by Gasteiger charge is -2.21. The predicted octanol–water partition coefficient (Wildman–Crippen LogP) is 10.2. The lowest BCUT2D eigenvalue weighted by Crippen LogP contribution is -2.20. The van der Waals surface area contributed by atoms with E-state index in [-0.39, 0.29) is 16.5 Å². The summed E-state index contributed by atoms with van der Waals surface area (Å²) in [6.45, 7) is 21.7. The summed E-state index contributed by atoms with van der Waals surface area (Å²) in [5.74, 6) is 1.10. The molecule has 0 aliphatic rings. The second-order valence-corrected chi connectivity index (χ2v) is 10.5. The van der Waals surface area contributed by atoms with E-state index in [9.17, 15) is 9.18 Å². The molecule has 0 aromatic heterocycles. The van der Waals surface area contributed by atoms with Crippen LogP contribution in [0.2, 0.25) is 0 Å². The van der Waals surface area contributed by atoms with E-state index < -0.39 is 0 Å². The van der Waals surface area contributed by atoms with Crippen LogP contribution in [0.25, 0.3) is 0 Å². The first-order valence-electron chi connectivity index (χ1n) is 13.6. The number of nitrogens with zero attached hydrogens (tertiary/aromatic N) is 1. The number of carbonyl (C=O) groups excluding carboxylic acids is 1. The quantitative estimate of drug-likeness (QED) is 0.0461. The number of thioether (sulfide) groups is 2. The van der Waals surface area contributed by atoms with Crippen molar-refractivity contribution in [1.82, 2.24) is 0 Å². The van der Waals surface area contributed by atoms with Crippen molar-refractivity contribution in [2.24, 2.45) is 11.1 Å². The van der Waals surface area contributed by atoms with Gasteiger partial charge in [-0.25, -0.2) is 0 Å². The summed E-state index contributed by atoms with van der Waals surface area (Å²) in [6.07, 6.45) is 9.35. The lowest BCUT2D eigenvalue weighted by molar-refractivity contribution is -0.139. The van der Waals surface area contributed by atoms with E-state index in [4.69, 9.17) is 14.7 Å². The number of aryl methyl sites for hydroxylation is 1. The first kappa shape index (κ1) is 44.8. The van der Waals surface area contributed by atoms with Crippen molar-refractivity contribution in [3.05, 3.63) is 65.6 Å². The van der Waals surface area contributed by atoms with Crippen molar-refractivity contribution in [3.63, 3.8) is 0 Å². The van der Waals surface area contributed by atoms with E-state index in [1.807, 2.05) is 78.8 Å². The Balaban J connectivity index is -0.000000265. The summed E-state index contributed by atoms with van der Waals surface area (Å²) >= 11 is 3.16. The van der Waals surface area contributed by atoms with Crippen LogP contribution in [0.4, 0.5) is 4.39 Å². The van der Waals surface area contributed by atoms with Crippen LogP contribution in [0.1, 0.15) is 80.7 Å². The first-order valence-corrected chi connectivity index (χ1v) is 15.6. The number of methoxy groups -OCH3 is 1. The van der Waals surface area contributed by atoms with Gasteiger partial charge in [-0.05, 0) is 83.9 Å². The van der Waals surface area contributed by atoms with Crippen LogP contribution in [0.3, 0.4) is 0 Å².